The number of carbonyl (C=O) groups is 2. The Bertz CT molecular complexity index is 3010. The zero-order valence-corrected chi connectivity index (χ0v) is 35.2. The van der Waals surface area contributed by atoms with Crippen molar-refractivity contribution in [1.29, 1.82) is 0 Å². The van der Waals surface area contributed by atoms with Gasteiger partial charge in [0.1, 0.15) is 5.82 Å². The molecule has 0 aliphatic heterocycles. The van der Waals surface area contributed by atoms with Gasteiger partial charge in [-0.25, -0.2) is 31.5 Å². The van der Waals surface area contributed by atoms with Crippen molar-refractivity contribution in [2.75, 3.05) is 10.6 Å². The summed E-state index contributed by atoms with van der Waals surface area (Å²) in [5.74, 6) is -2.07. The summed E-state index contributed by atoms with van der Waals surface area (Å²) < 4.78 is 178. The number of benzene rings is 4. The largest absolute Gasteiger partial charge is 0.417 e. The molecule has 2 amide bonds. The predicted octanol–water partition coefficient (Wildman–Crippen LogP) is 9.00. The van der Waals surface area contributed by atoms with E-state index in [4.69, 9.17) is 21.9 Å². The Morgan fingerprint density at radius 2 is 0.985 bits per heavy atom. The maximum Gasteiger partial charge on any atom is 0.417 e. The lowest BCUT2D eigenvalue weighted by Gasteiger charge is -2.13. The van der Waals surface area contributed by atoms with Gasteiger partial charge in [0.15, 0.2) is 0 Å². The number of rotatable bonds is 10. The number of alkyl halides is 9. The Hall–Kier alpha value is -6.47. The topological polar surface area (TPSA) is 204 Å². The normalized spacial score (nSPS) is 12.2. The van der Waals surface area contributed by atoms with Gasteiger partial charge in [0, 0.05) is 69.0 Å². The smallest absolute Gasteiger partial charge is 0.326 e. The van der Waals surface area contributed by atoms with Gasteiger partial charge in [-0.15, -0.1) is 0 Å². The third-order valence-electron chi connectivity index (χ3n) is 8.94. The average Bonchev–Trinajstić information content (AvgIpc) is 3.21. The molecule has 0 unspecified atom stereocenters. The van der Waals surface area contributed by atoms with Crippen LogP contribution in [0.25, 0.3) is 22.3 Å². The predicted molar refractivity (Wildman–Crippen MR) is 220 cm³/mol. The Kier molecular flexibility index (Phi) is 15.0. The van der Waals surface area contributed by atoms with E-state index in [1.165, 1.54) is 30.3 Å². The van der Waals surface area contributed by atoms with Crippen LogP contribution in [0.1, 0.15) is 27.8 Å². The van der Waals surface area contributed by atoms with Crippen molar-refractivity contribution in [2.45, 2.75) is 41.2 Å². The van der Waals surface area contributed by atoms with Crippen LogP contribution < -0.4 is 20.9 Å². The fourth-order valence-electron chi connectivity index (χ4n) is 5.90. The van der Waals surface area contributed by atoms with Gasteiger partial charge in [0.25, 0.3) is 0 Å². The number of primary sulfonamides is 2. The number of aromatic nitrogens is 2. The summed E-state index contributed by atoms with van der Waals surface area (Å²) in [5.41, 5.74) is -3.50. The number of sulfonamides is 2. The molecule has 12 nitrogen and oxygen atoms in total. The first kappa shape index (κ1) is 50.5. The minimum Gasteiger partial charge on any atom is -0.326 e. The van der Waals surface area contributed by atoms with Crippen molar-refractivity contribution in [3.05, 3.63) is 154 Å². The summed E-state index contributed by atoms with van der Waals surface area (Å²) >= 11 is 5.89. The van der Waals surface area contributed by atoms with E-state index in [1.54, 1.807) is 0 Å². The standard InChI is InChI=1S/C21H15F6N3O3S.C20H14ClF4N3O3S/c22-20(23,24)14-3-1-12(2-4-14)7-19(31)30-16-5-6-17(18(9-16)34(28,32)33)13-8-15(11-29-10-13)21(25,26)27;21-16-2-1-3-17(22)15(16)8-19(29)28-13-4-5-14(18(7-13)32(26,30)31)11-6-12(10-27-9-11)20(23,24)25/h1-6,8-11H,7H2,(H,30,31)(H2,28,32,33);1-7,9-10H,8H2,(H,28,29)(H2,26,30,31). The highest BCUT2D eigenvalue weighted by Crippen LogP contribution is 2.36. The zero-order valence-electron chi connectivity index (χ0n) is 32.9. The molecule has 6 aromatic rings. The number of carbonyl (C=O) groups excluding carboxylic acids is 2. The van der Waals surface area contributed by atoms with Crippen LogP contribution in [-0.2, 0) is 61.0 Å². The molecule has 0 aliphatic rings. The molecule has 4 aromatic carbocycles. The lowest BCUT2D eigenvalue weighted by atomic mass is 10.0. The lowest BCUT2D eigenvalue weighted by Crippen LogP contribution is -2.17. The fraction of sp³-hybridized carbons (Fsp3) is 0.122. The second-order valence-electron chi connectivity index (χ2n) is 13.8. The van der Waals surface area contributed by atoms with Crippen molar-refractivity contribution < 1.29 is 70.3 Å². The SMILES string of the molecule is NS(=O)(=O)c1cc(NC(=O)Cc2c(F)cccc2Cl)ccc1-c1cncc(C(F)(F)F)c1.NS(=O)(=O)c1cc(NC(=O)Cc2ccc(C(F)(F)F)cc2)ccc1-c1cncc(C(F)(F)F)c1. The molecule has 66 heavy (non-hydrogen) atoms. The van der Waals surface area contributed by atoms with Gasteiger partial charge in [-0.1, -0.05) is 41.9 Å². The average molecular weight is 991 g/mol. The van der Waals surface area contributed by atoms with Crippen LogP contribution in [0.3, 0.4) is 0 Å². The number of hydrogen-bond acceptors (Lipinski definition) is 8. The first-order chi connectivity index (χ1) is 30.5. The maximum absolute atomic E-state index is 13.9. The van der Waals surface area contributed by atoms with Gasteiger partial charge in [-0.2, -0.15) is 39.5 Å². The van der Waals surface area contributed by atoms with E-state index in [9.17, 15) is 70.3 Å². The molecule has 0 spiro atoms. The molecule has 25 heteroatoms. The van der Waals surface area contributed by atoms with Crippen LogP contribution in [0.5, 0.6) is 0 Å². The van der Waals surface area contributed by atoms with E-state index in [-0.39, 0.29) is 56.2 Å². The van der Waals surface area contributed by atoms with Crippen molar-refractivity contribution in [2.24, 2.45) is 10.3 Å². The van der Waals surface area contributed by atoms with Crippen LogP contribution in [0.15, 0.2) is 126 Å². The van der Waals surface area contributed by atoms with Crippen LogP contribution in [-0.4, -0.2) is 38.6 Å². The molecular weight excluding hydrogens is 962 g/mol. The van der Waals surface area contributed by atoms with Crippen molar-refractivity contribution in [3.8, 4) is 22.3 Å². The van der Waals surface area contributed by atoms with Gasteiger partial charge >= 0.3 is 18.5 Å². The number of nitrogens with two attached hydrogens (primary N) is 2. The Morgan fingerprint density at radius 1 is 0.561 bits per heavy atom. The van der Waals surface area contributed by atoms with Crippen molar-refractivity contribution >= 4 is 54.8 Å². The highest BCUT2D eigenvalue weighted by molar-refractivity contribution is 7.89. The quantitative estimate of drug-likeness (QED) is 0.0973. The summed E-state index contributed by atoms with van der Waals surface area (Å²) in [7, 11) is -8.83. The van der Waals surface area contributed by atoms with Crippen LogP contribution in [0.4, 0.5) is 55.3 Å². The molecule has 0 radical (unpaired) electrons. The molecule has 6 rings (SSSR count). The van der Waals surface area contributed by atoms with Crippen molar-refractivity contribution in [1.82, 2.24) is 9.97 Å². The summed E-state index contributed by atoms with van der Waals surface area (Å²) in [6, 6.07) is 16.1. The molecule has 6 N–H and O–H groups in total. The summed E-state index contributed by atoms with van der Waals surface area (Å²) in [6.07, 6.45) is -11.4. The third-order valence-corrected chi connectivity index (χ3v) is 11.2. The molecule has 2 heterocycles. The third kappa shape index (κ3) is 13.3. The molecule has 0 saturated carbocycles. The number of anilines is 2. The molecule has 0 aliphatic carbocycles. The van der Waals surface area contributed by atoms with Gasteiger partial charge in [-0.05, 0) is 66.2 Å². The van der Waals surface area contributed by atoms with Crippen LogP contribution in [0, 0.1) is 5.82 Å². The van der Waals surface area contributed by atoms with E-state index in [2.05, 4.69) is 20.6 Å². The molecule has 2 aromatic heterocycles. The number of halogens is 11. The second kappa shape index (κ2) is 19.6. The van der Waals surface area contributed by atoms with Gasteiger partial charge in [-0.3, -0.25) is 19.6 Å². The van der Waals surface area contributed by atoms with Crippen molar-refractivity contribution in [3.63, 3.8) is 0 Å². The van der Waals surface area contributed by atoms with E-state index < -0.39 is 89.1 Å². The van der Waals surface area contributed by atoms with Gasteiger partial charge in [0.05, 0.1) is 39.3 Å². The zero-order chi connectivity index (χ0) is 49.0. The maximum atomic E-state index is 13.9. The van der Waals surface area contributed by atoms with Gasteiger partial charge < -0.3 is 10.6 Å². The molecule has 0 bridgehead atoms. The number of amides is 2. The highest BCUT2D eigenvalue weighted by atomic mass is 35.5. The summed E-state index contributed by atoms with van der Waals surface area (Å²) in [6.45, 7) is 0. The fourth-order valence-corrected chi connectivity index (χ4v) is 7.70. The number of nitrogens with one attached hydrogen (secondary N) is 2. The Labute approximate surface area is 372 Å². The molecule has 0 atom stereocenters. The molecule has 348 valence electrons. The second-order valence-corrected chi connectivity index (χ2v) is 17.2. The lowest BCUT2D eigenvalue weighted by molar-refractivity contribution is -0.138. The number of pyridine rings is 2. The summed E-state index contributed by atoms with van der Waals surface area (Å²) in [5, 5.41) is 15.3. The van der Waals surface area contributed by atoms with E-state index in [0.29, 0.717) is 18.5 Å². The molecular formula is C41H29ClF10N6O6S2. The monoisotopic (exact) mass is 990 g/mol. The summed E-state index contributed by atoms with van der Waals surface area (Å²) in [4.78, 5) is 30.5. The molecule has 0 saturated heterocycles. The highest BCUT2D eigenvalue weighted by Gasteiger charge is 2.33. The Balaban J connectivity index is 0.000000248. The minimum absolute atomic E-state index is 0.0184. The Morgan fingerprint density at radius 3 is 1.38 bits per heavy atom. The van der Waals surface area contributed by atoms with E-state index in [0.717, 1.165) is 67.0 Å². The van der Waals surface area contributed by atoms with Crippen LogP contribution in [0.2, 0.25) is 5.02 Å². The number of nitrogens with zero attached hydrogens (tertiary/aromatic N) is 2. The van der Waals surface area contributed by atoms with Crippen LogP contribution >= 0.6 is 11.6 Å². The van der Waals surface area contributed by atoms with E-state index >= 15 is 0 Å². The number of hydrogen-bond donors (Lipinski definition) is 4. The first-order valence-electron chi connectivity index (χ1n) is 18.1. The van der Waals surface area contributed by atoms with E-state index in [1.807, 2.05) is 0 Å². The minimum atomic E-state index is -4.71. The van der Waals surface area contributed by atoms with Gasteiger partial charge in [0.2, 0.25) is 31.9 Å². The molecule has 0 fully saturated rings. The first-order valence-corrected chi connectivity index (χ1v) is 21.6.